The minimum Gasteiger partial charge on any atom is -0.387 e. The van der Waals surface area contributed by atoms with Gasteiger partial charge < -0.3 is 5.73 Å². The Morgan fingerprint density at radius 2 is 2.14 bits per heavy atom. The SMILES string of the molecule is CCN(CC)C1CCN(CC(=N)N)C1. The van der Waals surface area contributed by atoms with E-state index in [4.69, 9.17) is 11.1 Å². The summed E-state index contributed by atoms with van der Waals surface area (Å²) in [5.74, 6) is 0.283. The van der Waals surface area contributed by atoms with Crippen LogP contribution in [0.15, 0.2) is 0 Å². The minimum atomic E-state index is 0.283. The van der Waals surface area contributed by atoms with Crippen LogP contribution >= 0.6 is 0 Å². The van der Waals surface area contributed by atoms with Gasteiger partial charge >= 0.3 is 0 Å². The van der Waals surface area contributed by atoms with Crippen LogP contribution in [-0.4, -0.2) is 54.4 Å². The second kappa shape index (κ2) is 5.32. The molecule has 14 heavy (non-hydrogen) atoms. The second-order valence-corrected chi connectivity index (χ2v) is 3.92. The van der Waals surface area contributed by atoms with Gasteiger partial charge in [-0.05, 0) is 19.5 Å². The predicted molar refractivity (Wildman–Crippen MR) is 59.7 cm³/mol. The van der Waals surface area contributed by atoms with E-state index >= 15 is 0 Å². The summed E-state index contributed by atoms with van der Waals surface area (Å²) in [7, 11) is 0. The maximum atomic E-state index is 7.24. The van der Waals surface area contributed by atoms with Crippen molar-refractivity contribution in [2.45, 2.75) is 26.3 Å². The summed E-state index contributed by atoms with van der Waals surface area (Å²) in [6.45, 7) is 9.44. The molecule has 1 unspecified atom stereocenters. The molecule has 4 nitrogen and oxygen atoms in total. The second-order valence-electron chi connectivity index (χ2n) is 3.92. The molecular formula is C10H22N4. The number of nitrogens with one attached hydrogen (secondary N) is 1. The number of nitrogens with zero attached hydrogens (tertiary/aromatic N) is 2. The summed E-state index contributed by atoms with van der Waals surface area (Å²) >= 11 is 0. The maximum Gasteiger partial charge on any atom is 0.105 e. The molecule has 0 aromatic rings. The van der Waals surface area contributed by atoms with Gasteiger partial charge in [0.1, 0.15) is 5.84 Å². The zero-order valence-electron chi connectivity index (χ0n) is 9.29. The Labute approximate surface area is 86.6 Å². The summed E-state index contributed by atoms with van der Waals surface area (Å²) in [5.41, 5.74) is 5.39. The molecule has 3 N–H and O–H groups in total. The topological polar surface area (TPSA) is 56.4 Å². The van der Waals surface area contributed by atoms with Gasteiger partial charge in [0.05, 0.1) is 6.54 Å². The van der Waals surface area contributed by atoms with E-state index in [9.17, 15) is 0 Å². The molecule has 1 heterocycles. The molecule has 0 amide bonds. The monoisotopic (exact) mass is 198 g/mol. The maximum absolute atomic E-state index is 7.24. The first-order chi connectivity index (χ1) is 6.67. The third-order valence-electron chi connectivity index (χ3n) is 2.97. The van der Waals surface area contributed by atoms with E-state index in [2.05, 4.69) is 23.6 Å². The Bertz CT molecular complexity index is 189. The number of rotatable bonds is 5. The van der Waals surface area contributed by atoms with Crippen LogP contribution in [0.2, 0.25) is 0 Å². The molecular weight excluding hydrogens is 176 g/mol. The van der Waals surface area contributed by atoms with Crippen molar-refractivity contribution >= 4 is 5.84 Å². The van der Waals surface area contributed by atoms with Gasteiger partial charge in [0.25, 0.3) is 0 Å². The molecule has 0 saturated carbocycles. The van der Waals surface area contributed by atoms with Crippen molar-refractivity contribution in [2.75, 3.05) is 32.7 Å². The lowest BCUT2D eigenvalue weighted by Gasteiger charge is -2.26. The molecule has 1 atom stereocenters. The minimum absolute atomic E-state index is 0.283. The number of hydrogen-bond donors (Lipinski definition) is 2. The molecule has 0 spiro atoms. The van der Waals surface area contributed by atoms with Crippen LogP contribution < -0.4 is 5.73 Å². The standard InChI is InChI=1S/C10H22N4/c1-3-14(4-2)9-5-6-13(7-9)8-10(11)12/h9H,3-8H2,1-2H3,(H3,11,12). The summed E-state index contributed by atoms with van der Waals surface area (Å²) < 4.78 is 0. The number of nitrogens with two attached hydrogens (primary N) is 1. The van der Waals surface area contributed by atoms with E-state index in [1.54, 1.807) is 0 Å². The molecule has 1 aliphatic rings. The Morgan fingerprint density at radius 1 is 1.50 bits per heavy atom. The Kier molecular flexibility index (Phi) is 4.35. The molecule has 0 aromatic heterocycles. The number of likely N-dealkylation sites (N-methyl/N-ethyl adjacent to an activating group) is 1. The number of hydrogen-bond acceptors (Lipinski definition) is 3. The first-order valence-corrected chi connectivity index (χ1v) is 5.46. The third kappa shape index (κ3) is 2.96. The molecule has 0 radical (unpaired) electrons. The smallest absolute Gasteiger partial charge is 0.105 e. The van der Waals surface area contributed by atoms with Crippen LogP contribution in [0.1, 0.15) is 20.3 Å². The van der Waals surface area contributed by atoms with Crippen molar-refractivity contribution in [1.29, 1.82) is 5.41 Å². The quantitative estimate of drug-likeness (QED) is 0.495. The Morgan fingerprint density at radius 3 is 2.64 bits per heavy atom. The van der Waals surface area contributed by atoms with Gasteiger partial charge in [0, 0.05) is 19.1 Å². The van der Waals surface area contributed by atoms with E-state index < -0.39 is 0 Å². The van der Waals surface area contributed by atoms with Crippen molar-refractivity contribution in [3.8, 4) is 0 Å². The highest BCUT2D eigenvalue weighted by Crippen LogP contribution is 2.14. The molecule has 0 aliphatic carbocycles. The van der Waals surface area contributed by atoms with Crippen molar-refractivity contribution in [2.24, 2.45) is 5.73 Å². The van der Waals surface area contributed by atoms with E-state index in [-0.39, 0.29) is 5.84 Å². The number of likely N-dealkylation sites (tertiary alicyclic amines) is 1. The van der Waals surface area contributed by atoms with Crippen LogP contribution in [-0.2, 0) is 0 Å². The highest BCUT2D eigenvalue weighted by molar-refractivity contribution is 5.78. The average molecular weight is 198 g/mol. The zero-order chi connectivity index (χ0) is 10.6. The van der Waals surface area contributed by atoms with Crippen molar-refractivity contribution in [1.82, 2.24) is 9.80 Å². The summed E-state index contributed by atoms with van der Waals surface area (Å²) in [5, 5.41) is 7.24. The summed E-state index contributed by atoms with van der Waals surface area (Å²) in [6, 6.07) is 0.671. The van der Waals surface area contributed by atoms with E-state index in [0.29, 0.717) is 12.6 Å². The van der Waals surface area contributed by atoms with Crippen LogP contribution in [0, 0.1) is 5.41 Å². The van der Waals surface area contributed by atoms with Crippen LogP contribution in [0.5, 0.6) is 0 Å². The van der Waals surface area contributed by atoms with Gasteiger partial charge in [-0.25, -0.2) is 0 Å². The van der Waals surface area contributed by atoms with Gasteiger partial charge in [-0.3, -0.25) is 15.2 Å². The van der Waals surface area contributed by atoms with Gasteiger partial charge in [-0.15, -0.1) is 0 Å². The lowest BCUT2D eigenvalue weighted by atomic mass is 10.2. The lowest BCUT2D eigenvalue weighted by Crippen LogP contribution is -2.39. The fourth-order valence-corrected chi connectivity index (χ4v) is 2.23. The van der Waals surface area contributed by atoms with Crippen molar-refractivity contribution < 1.29 is 0 Å². The van der Waals surface area contributed by atoms with Gasteiger partial charge in [0.2, 0.25) is 0 Å². The Balaban J connectivity index is 2.36. The lowest BCUT2D eigenvalue weighted by molar-refractivity contribution is 0.216. The van der Waals surface area contributed by atoms with Gasteiger partial charge in [0.15, 0.2) is 0 Å². The van der Waals surface area contributed by atoms with Crippen molar-refractivity contribution in [3.05, 3.63) is 0 Å². The van der Waals surface area contributed by atoms with Crippen LogP contribution in [0.4, 0.5) is 0 Å². The van der Waals surface area contributed by atoms with Crippen LogP contribution in [0.3, 0.4) is 0 Å². The summed E-state index contributed by atoms with van der Waals surface area (Å²) in [6.07, 6.45) is 1.22. The largest absolute Gasteiger partial charge is 0.387 e. The molecule has 1 fully saturated rings. The van der Waals surface area contributed by atoms with E-state index in [1.807, 2.05) is 0 Å². The van der Waals surface area contributed by atoms with Crippen molar-refractivity contribution in [3.63, 3.8) is 0 Å². The summed E-state index contributed by atoms with van der Waals surface area (Å²) in [4.78, 5) is 4.76. The predicted octanol–water partition coefficient (Wildman–Crippen LogP) is 0.338. The Hall–Kier alpha value is -0.610. The van der Waals surface area contributed by atoms with Gasteiger partial charge in [-0.2, -0.15) is 0 Å². The highest BCUT2D eigenvalue weighted by atomic mass is 15.3. The molecule has 82 valence electrons. The average Bonchev–Trinajstić information content (AvgIpc) is 2.54. The molecule has 1 rings (SSSR count). The first kappa shape index (κ1) is 11.5. The molecule has 4 heteroatoms. The third-order valence-corrected chi connectivity index (χ3v) is 2.97. The van der Waals surface area contributed by atoms with Gasteiger partial charge in [-0.1, -0.05) is 13.8 Å². The fraction of sp³-hybridized carbons (Fsp3) is 0.900. The normalized spacial score (nSPS) is 23.2. The van der Waals surface area contributed by atoms with E-state index in [0.717, 1.165) is 26.2 Å². The van der Waals surface area contributed by atoms with E-state index in [1.165, 1.54) is 6.42 Å². The fourth-order valence-electron chi connectivity index (χ4n) is 2.23. The highest BCUT2D eigenvalue weighted by Gasteiger charge is 2.25. The molecule has 0 bridgehead atoms. The molecule has 1 aliphatic heterocycles. The number of amidine groups is 1. The first-order valence-electron chi connectivity index (χ1n) is 5.46. The molecule has 0 aromatic carbocycles. The van der Waals surface area contributed by atoms with Crippen LogP contribution in [0.25, 0.3) is 0 Å². The zero-order valence-corrected chi connectivity index (χ0v) is 9.29. The molecule has 1 saturated heterocycles.